The monoisotopic (exact) mass is 319 g/mol. The number of carboxylic acids is 1. The SMILES string of the molecule is CC(C)(C)S(=O)(=O)c1ccc(-c2ccccc2C(=O)O)cn1. The highest BCUT2D eigenvalue weighted by Gasteiger charge is 2.32. The molecule has 1 aromatic carbocycles. The standard InChI is InChI=1S/C16H17NO4S/c1-16(2,3)22(20,21)14-9-8-11(10-17-14)12-6-4-5-7-13(12)15(18)19/h4-10H,1-3H3,(H,18,19). The van der Waals surface area contributed by atoms with Gasteiger partial charge in [0.1, 0.15) is 0 Å². The molecule has 22 heavy (non-hydrogen) atoms. The summed E-state index contributed by atoms with van der Waals surface area (Å²) in [6.45, 7) is 4.83. The Balaban J connectivity index is 2.50. The molecule has 1 N–H and O–H groups in total. The van der Waals surface area contributed by atoms with E-state index in [-0.39, 0.29) is 10.6 Å². The summed E-state index contributed by atoms with van der Waals surface area (Å²) in [7, 11) is -3.53. The molecule has 6 heteroatoms. The van der Waals surface area contributed by atoms with Gasteiger partial charge in [-0.25, -0.2) is 18.2 Å². The Kier molecular flexibility index (Phi) is 4.06. The summed E-state index contributed by atoms with van der Waals surface area (Å²) in [5.74, 6) is -1.04. The highest BCUT2D eigenvalue weighted by atomic mass is 32.2. The van der Waals surface area contributed by atoms with Gasteiger partial charge in [-0.2, -0.15) is 0 Å². The lowest BCUT2D eigenvalue weighted by atomic mass is 10.0. The summed E-state index contributed by atoms with van der Waals surface area (Å²) < 4.78 is 23.7. The topological polar surface area (TPSA) is 84.3 Å². The second kappa shape index (κ2) is 5.53. The van der Waals surface area contributed by atoms with Gasteiger partial charge in [0.15, 0.2) is 14.9 Å². The quantitative estimate of drug-likeness (QED) is 0.940. The number of pyridine rings is 1. The Morgan fingerprint density at radius 3 is 2.23 bits per heavy atom. The average molecular weight is 319 g/mol. The number of hydrogen-bond donors (Lipinski definition) is 1. The van der Waals surface area contributed by atoms with Crippen LogP contribution in [-0.4, -0.2) is 29.2 Å². The summed E-state index contributed by atoms with van der Waals surface area (Å²) in [5.41, 5.74) is 1.21. The molecule has 0 fully saturated rings. The zero-order chi connectivity index (χ0) is 16.5. The van der Waals surface area contributed by atoms with Crippen LogP contribution in [0.1, 0.15) is 31.1 Å². The third-order valence-corrected chi connectivity index (χ3v) is 5.69. The Labute approximate surface area is 129 Å². The van der Waals surface area contributed by atoms with Crippen molar-refractivity contribution in [1.82, 2.24) is 4.98 Å². The summed E-state index contributed by atoms with van der Waals surface area (Å²) in [5, 5.41) is 9.18. The highest BCUT2D eigenvalue weighted by molar-refractivity contribution is 7.92. The maximum absolute atomic E-state index is 12.3. The van der Waals surface area contributed by atoms with E-state index in [2.05, 4.69) is 4.98 Å². The predicted octanol–water partition coefficient (Wildman–Crippen LogP) is 3.02. The fourth-order valence-corrected chi connectivity index (χ4v) is 3.00. The van der Waals surface area contributed by atoms with Crippen LogP contribution in [0.3, 0.4) is 0 Å². The molecule has 1 aromatic heterocycles. The minimum absolute atomic E-state index is 0.0171. The van der Waals surface area contributed by atoms with Gasteiger partial charge in [-0.3, -0.25) is 0 Å². The fraction of sp³-hybridized carbons (Fsp3) is 0.250. The molecule has 5 nitrogen and oxygen atoms in total. The van der Waals surface area contributed by atoms with E-state index in [1.54, 1.807) is 45.0 Å². The van der Waals surface area contributed by atoms with Crippen LogP contribution in [0.25, 0.3) is 11.1 Å². The molecule has 1 heterocycles. The van der Waals surface area contributed by atoms with Crippen LogP contribution in [0.5, 0.6) is 0 Å². The first kappa shape index (κ1) is 16.2. The van der Waals surface area contributed by atoms with Crippen molar-refractivity contribution in [2.75, 3.05) is 0 Å². The molecule has 2 rings (SSSR count). The normalized spacial score (nSPS) is 12.1. The number of benzene rings is 1. The van der Waals surface area contributed by atoms with Gasteiger partial charge >= 0.3 is 5.97 Å². The van der Waals surface area contributed by atoms with Gasteiger partial charge in [-0.15, -0.1) is 0 Å². The number of hydrogen-bond acceptors (Lipinski definition) is 4. The van der Waals surface area contributed by atoms with Crippen molar-refractivity contribution in [3.8, 4) is 11.1 Å². The van der Waals surface area contributed by atoms with E-state index in [0.29, 0.717) is 11.1 Å². The van der Waals surface area contributed by atoms with E-state index >= 15 is 0 Å². The minimum Gasteiger partial charge on any atom is -0.478 e. The second-order valence-corrected chi connectivity index (χ2v) is 8.50. The number of nitrogens with zero attached hydrogens (tertiary/aromatic N) is 1. The maximum Gasteiger partial charge on any atom is 0.336 e. The van der Waals surface area contributed by atoms with Crippen molar-refractivity contribution in [2.24, 2.45) is 0 Å². The third-order valence-electron chi connectivity index (χ3n) is 3.29. The second-order valence-electron chi connectivity index (χ2n) is 5.85. The van der Waals surface area contributed by atoms with Crippen LogP contribution in [0.15, 0.2) is 47.6 Å². The first-order chi connectivity index (χ1) is 10.1. The van der Waals surface area contributed by atoms with Crippen molar-refractivity contribution in [1.29, 1.82) is 0 Å². The summed E-state index contributed by atoms with van der Waals surface area (Å²) in [4.78, 5) is 15.2. The molecule has 0 saturated heterocycles. The molecule has 0 radical (unpaired) electrons. The lowest BCUT2D eigenvalue weighted by molar-refractivity contribution is 0.0697. The zero-order valence-corrected chi connectivity index (χ0v) is 13.4. The number of carboxylic acid groups (broad SMARTS) is 1. The molecule has 116 valence electrons. The molecule has 0 spiro atoms. The number of sulfone groups is 1. The number of aromatic carboxylic acids is 1. The van der Waals surface area contributed by atoms with Gasteiger partial charge in [-0.1, -0.05) is 18.2 Å². The van der Waals surface area contributed by atoms with E-state index < -0.39 is 20.6 Å². The van der Waals surface area contributed by atoms with Crippen molar-refractivity contribution in [3.05, 3.63) is 48.2 Å². The summed E-state index contributed by atoms with van der Waals surface area (Å²) in [6.07, 6.45) is 1.39. The van der Waals surface area contributed by atoms with Crippen molar-refractivity contribution in [2.45, 2.75) is 30.5 Å². The zero-order valence-electron chi connectivity index (χ0n) is 12.6. The van der Waals surface area contributed by atoms with Gasteiger partial charge in [-0.05, 0) is 44.5 Å². The van der Waals surface area contributed by atoms with Gasteiger partial charge in [0.2, 0.25) is 0 Å². The summed E-state index contributed by atoms with van der Waals surface area (Å²) in [6, 6.07) is 9.51. The Hall–Kier alpha value is -2.21. The average Bonchev–Trinajstić information content (AvgIpc) is 2.46. The highest BCUT2D eigenvalue weighted by Crippen LogP contribution is 2.27. The molecule has 0 amide bonds. The van der Waals surface area contributed by atoms with Crippen molar-refractivity contribution in [3.63, 3.8) is 0 Å². The molecule has 0 bridgehead atoms. The smallest absolute Gasteiger partial charge is 0.336 e. The van der Waals surface area contributed by atoms with Crippen molar-refractivity contribution < 1.29 is 18.3 Å². The van der Waals surface area contributed by atoms with Crippen LogP contribution in [0, 0.1) is 0 Å². The first-order valence-electron chi connectivity index (χ1n) is 6.68. The number of aromatic nitrogens is 1. The molecular formula is C16H17NO4S. The van der Waals surface area contributed by atoms with Gasteiger partial charge in [0, 0.05) is 11.8 Å². The molecule has 2 aromatic rings. The van der Waals surface area contributed by atoms with Crippen LogP contribution < -0.4 is 0 Å². The minimum atomic E-state index is -3.53. The van der Waals surface area contributed by atoms with E-state index in [4.69, 9.17) is 0 Å². The van der Waals surface area contributed by atoms with Crippen molar-refractivity contribution >= 4 is 15.8 Å². The van der Waals surface area contributed by atoms with Crippen LogP contribution in [0.4, 0.5) is 0 Å². The van der Waals surface area contributed by atoms with E-state index in [1.165, 1.54) is 18.3 Å². The fourth-order valence-electron chi connectivity index (χ4n) is 1.93. The molecule has 0 aliphatic carbocycles. The first-order valence-corrected chi connectivity index (χ1v) is 8.16. The Morgan fingerprint density at radius 1 is 1.09 bits per heavy atom. The van der Waals surface area contributed by atoms with E-state index in [9.17, 15) is 18.3 Å². The van der Waals surface area contributed by atoms with Crippen LogP contribution in [0.2, 0.25) is 0 Å². The molecule has 0 unspecified atom stereocenters. The maximum atomic E-state index is 12.3. The third kappa shape index (κ3) is 2.87. The number of carbonyl (C=O) groups is 1. The molecule has 0 aliphatic rings. The van der Waals surface area contributed by atoms with Crippen LogP contribution >= 0.6 is 0 Å². The number of rotatable bonds is 3. The van der Waals surface area contributed by atoms with E-state index in [0.717, 1.165) is 0 Å². The van der Waals surface area contributed by atoms with Gasteiger partial charge < -0.3 is 5.11 Å². The molecule has 0 saturated carbocycles. The van der Waals surface area contributed by atoms with Crippen LogP contribution in [-0.2, 0) is 9.84 Å². The largest absolute Gasteiger partial charge is 0.478 e. The van der Waals surface area contributed by atoms with Gasteiger partial charge in [0.25, 0.3) is 0 Å². The molecule has 0 atom stereocenters. The Bertz CT molecular complexity index is 803. The van der Waals surface area contributed by atoms with E-state index in [1.807, 2.05) is 0 Å². The lowest BCUT2D eigenvalue weighted by Crippen LogP contribution is -2.28. The predicted molar refractivity (Wildman–Crippen MR) is 83.6 cm³/mol. The molecule has 0 aliphatic heterocycles. The molecular weight excluding hydrogens is 302 g/mol. The lowest BCUT2D eigenvalue weighted by Gasteiger charge is -2.18. The van der Waals surface area contributed by atoms with Gasteiger partial charge in [0.05, 0.1) is 10.3 Å². The summed E-state index contributed by atoms with van der Waals surface area (Å²) >= 11 is 0. The Morgan fingerprint density at radius 2 is 1.73 bits per heavy atom.